The molecule has 0 spiro atoms. The van der Waals surface area contributed by atoms with Gasteiger partial charge in [0.25, 0.3) is 0 Å². The second-order valence-electron chi connectivity index (χ2n) is 4.35. The summed E-state index contributed by atoms with van der Waals surface area (Å²) in [4.78, 5) is 10.6. The number of likely N-dealkylation sites (tertiary alicyclic amines) is 1. The Balaban J connectivity index is 1.72. The highest BCUT2D eigenvalue weighted by atomic mass is 15.1. The summed E-state index contributed by atoms with van der Waals surface area (Å²) < 4.78 is 0. The number of hydrogen-bond donors (Lipinski definition) is 1. The Morgan fingerprint density at radius 3 is 2.88 bits per heavy atom. The molecule has 16 heavy (non-hydrogen) atoms. The van der Waals surface area contributed by atoms with Gasteiger partial charge in [-0.1, -0.05) is 6.92 Å². The van der Waals surface area contributed by atoms with Crippen molar-refractivity contribution >= 4 is 5.82 Å². The number of anilines is 1. The summed E-state index contributed by atoms with van der Waals surface area (Å²) in [5, 5.41) is 3.38. The van der Waals surface area contributed by atoms with Crippen molar-refractivity contribution < 1.29 is 0 Å². The van der Waals surface area contributed by atoms with Crippen LogP contribution in [0.1, 0.15) is 19.8 Å². The molecular weight excluding hydrogens is 200 g/mol. The fourth-order valence-electron chi connectivity index (χ4n) is 2.15. The van der Waals surface area contributed by atoms with Crippen molar-refractivity contribution in [1.29, 1.82) is 0 Å². The lowest BCUT2D eigenvalue weighted by Crippen LogP contribution is -2.35. The molecule has 1 aliphatic heterocycles. The molecule has 4 nitrogen and oxygen atoms in total. The number of rotatable bonds is 4. The van der Waals surface area contributed by atoms with Crippen molar-refractivity contribution in [3.8, 4) is 0 Å². The Morgan fingerprint density at radius 2 is 2.25 bits per heavy atom. The van der Waals surface area contributed by atoms with Gasteiger partial charge in [-0.3, -0.25) is 0 Å². The van der Waals surface area contributed by atoms with E-state index < -0.39 is 0 Å². The molecule has 1 aliphatic rings. The van der Waals surface area contributed by atoms with Gasteiger partial charge in [-0.25, -0.2) is 9.97 Å². The molecule has 0 bridgehead atoms. The van der Waals surface area contributed by atoms with E-state index in [2.05, 4.69) is 27.1 Å². The molecule has 0 atom stereocenters. The molecule has 1 N–H and O–H groups in total. The Labute approximate surface area is 97.1 Å². The predicted molar refractivity (Wildman–Crippen MR) is 65.4 cm³/mol. The van der Waals surface area contributed by atoms with Crippen LogP contribution < -0.4 is 5.32 Å². The van der Waals surface area contributed by atoms with Gasteiger partial charge >= 0.3 is 0 Å². The van der Waals surface area contributed by atoms with Crippen LogP contribution in [0.3, 0.4) is 0 Å². The molecule has 1 aromatic heterocycles. The normalized spacial score (nSPS) is 18.6. The molecule has 1 aromatic rings. The Kier molecular flexibility index (Phi) is 4.10. The van der Waals surface area contributed by atoms with E-state index in [4.69, 9.17) is 0 Å². The average molecular weight is 220 g/mol. The second-order valence-corrected chi connectivity index (χ2v) is 4.35. The van der Waals surface area contributed by atoms with Crippen LogP contribution in [0.25, 0.3) is 0 Å². The second kappa shape index (κ2) is 5.80. The van der Waals surface area contributed by atoms with E-state index in [0.29, 0.717) is 0 Å². The van der Waals surface area contributed by atoms with Gasteiger partial charge in [-0.15, -0.1) is 0 Å². The lowest BCUT2D eigenvalue weighted by atomic mass is 9.97. The van der Waals surface area contributed by atoms with Crippen LogP contribution in [0, 0.1) is 5.92 Å². The molecule has 0 amide bonds. The summed E-state index contributed by atoms with van der Waals surface area (Å²) in [5.41, 5.74) is 0. The van der Waals surface area contributed by atoms with Crippen molar-refractivity contribution in [2.45, 2.75) is 19.8 Å². The maximum atomic E-state index is 4.16. The van der Waals surface area contributed by atoms with Crippen LogP contribution in [0.2, 0.25) is 0 Å². The van der Waals surface area contributed by atoms with E-state index >= 15 is 0 Å². The fourth-order valence-corrected chi connectivity index (χ4v) is 2.15. The number of nitrogens with zero attached hydrogens (tertiary/aromatic N) is 3. The van der Waals surface area contributed by atoms with Gasteiger partial charge in [0.15, 0.2) is 0 Å². The van der Waals surface area contributed by atoms with Crippen molar-refractivity contribution in [1.82, 2.24) is 14.9 Å². The lowest BCUT2D eigenvalue weighted by molar-refractivity contribution is 0.198. The molecule has 0 aliphatic carbocycles. The van der Waals surface area contributed by atoms with Gasteiger partial charge in [-0.2, -0.15) is 0 Å². The zero-order chi connectivity index (χ0) is 11.2. The van der Waals surface area contributed by atoms with Gasteiger partial charge in [0.05, 0.1) is 0 Å². The van der Waals surface area contributed by atoms with E-state index in [1.807, 2.05) is 6.07 Å². The topological polar surface area (TPSA) is 41.0 Å². The zero-order valence-electron chi connectivity index (χ0n) is 9.89. The molecule has 4 heteroatoms. The first-order chi connectivity index (χ1) is 7.88. The molecule has 88 valence electrons. The van der Waals surface area contributed by atoms with Crippen molar-refractivity contribution in [3.63, 3.8) is 0 Å². The largest absolute Gasteiger partial charge is 0.370 e. The molecule has 0 aromatic carbocycles. The van der Waals surface area contributed by atoms with E-state index in [0.717, 1.165) is 18.3 Å². The van der Waals surface area contributed by atoms with E-state index in [1.54, 1.807) is 12.5 Å². The summed E-state index contributed by atoms with van der Waals surface area (Å²) in [6.45, 7) is 6.94. The van der Waals surface area contributed by atoms with E-state index in [1.165, 1.54) is 32.5 Å². The maximum Gasteiger partial charge on any atom is 0.129 e. The number of hydrogen-bond acceptors (Lipinski definition) is 4. The standard InChI is InChI=1S/C12H20N4/c1-2-16-7-4-11(5-8-16)9-14-12-3-6-13-10-15-12/h3,6,10-11H,2,4-5,7-9H2,1H3,(H,13,14,15). The van der Waals surface area contributed by atoms with Crippen LogP contribution in [0.4, 0.5) is 5.82 Å². The lowest BCUT2D eigenvalue weighted by Gasteiger charge is -2.31. The first kappa shape index (κ1) is 11.3. The Bertz CT molecular complexity index is 293. The van der Waals surface area contributed by atoms with Crippen LogP contribution in [0.5, 0.6) is 0 Å². The predicted octanol–water partition coefficient (Wildman–Crippen LogP) is 1.62. The molecular formula is C12H20N4. The molecule has 2 rings (SSSR count). The molecule has 0 saturated carbocycles. The Hall–Kier alpha value is -1.16. The van der Waals surface area contributed by atoms with Crippen LogP contribution in [-0.4, -0.2) is 41.0 Å². The highest BCUT2D eigenvalue weighted by Gasteiger charge is 2.17. The smallest absolute Gasteiger partial charge is 0.129 e. The number of piperidine rings is 1. The molecule has 0 radical (unpaired) electrons. The van der Waals surface area contributed by atoms with Gasteiger partial charge in [0.2, 0.25) is 0 Å². The quantitative estimate of drug-likeness (QED) is 0.837. The monoisotopic (exact) mass is 220 g/mol. The zero-order valence-corrected chi connectivity index (χ0v) is 9.89. The van der Waals surface area contributed by atoms with E-state index in [9.17, 15) is 0 Å². The Morgan fingerprint density at radius 1 is 1.44 bits per heavy atom. The summed E-state index contributed by atoms with van der Waals surface area (Å²) >= 11 is 0. The fraction of sp³-hybridized carbons (Fsp3) is 0.667. The van der Waals surface area contributed by atoms with Crippen LogP contribution in [0.15, 0.2) is 18.6 Å². The summed E-state index contributed by atoms with van der Waals surface area (Å²) in [6, 6.07) is 1.92. The minimum Gasteiger partial charge on any atom is -0.370 e. The third kappa shape index (κ3) is 3.17. The number of nitrogens with one attached hydrogen (secondary N) is 1. The SMILES string of the molecule is CCN1CCC(CNc2ccncn2)CC1. The molecule has 2 heterocycles. The maximum absolute atomic E-state index is 4.16. The first-order valence-electron chi connectivity index (χ1n) is 6.10. The summed E-state index contributed by atoms with van der Waals surface area (Å²) in [7, 11) is 0. The minimum absolute atomic E-state index is 0.790. The molecule has 1 saturated heterocycles. The van der Waals surface area contributed by atoms with Crippen molar-refractivity contribution in [2.24, 2.45) is 5.92 Å². The van der Waals surface area contributed by atoms with Gasteiger partial charge < -0.3 is 10.2 Å². The van der Waals surface area contributed by atoms with Gasteiger partial charge in [0, 0.05) is 12.7 Å². The average Bonchev–Trinajstić information content (AvgIpc) is 2.38. The highest BCUT2D eigenvalue weighted by molar-refractivity contribution is 5.31. The third-order valence-electron chi connectivity index (χ3n) is 3.31. The third-order valence-corrected chi connectivity index (χ3v) is 3.31. The number of aromatic nitrogens is 2. The van der Waals surface area contributed by atoms with Gasteiger partial charge in [-0.05, 0) is 44.5 Å². The molecule has 0 unspecified atom stereocenters. The first-order valence-corrected chi connectivity index (χ1v) is 6.10. The van der Waals surface area contributed by atoms with Crippen molar-refractivity contribution in [3.05, 3.63) is 18.6 Å². The van der Waals surface area contributed by atoms with Crippen molar-refractivity contribution in [2.75, 3.05) is 31.5 Å². The van der Waals surface area contributed by atoms with Crippen LogP contribution in [-0.2, 0) is 0 Å². The van der Waals surface area contributed by atoms with E-state index in [-0.39, 0.29) is 0 Å². The van der Waals surface area contributed by atoms with Crippen LogP contribution >= 0.6 is 0 Å². The van der Waals surface area contributed by atoms with Gasteiger partial charge in [0.1, 0.15) is 12.1 Å². The summed E-state index contributed by atoms with van der Waals surface area (Å²) in [6.07, 6.45) is 5.95. The minimum atomic E-state index is 0.790. The highest BCUT2D eigenvalue weighted by Crippen LogP contribution is 2.17. The summed E-state index contributed by atoms with van der Waals surface area (Å²) in [5.74, 6) is 1.73. The molecule has 1 fully saturated rings.